The van der Waals surface area contributed by atoms with Crippen molar-refractivity contribution in [3.8, 4) is 11.5 Å². The Hall–Kier alpha value is -2.53. The zero-order valence-corrected chi connectivity index (χ0v) is 11.7. The molecule has 1 aromatic heterocycles. The van der Waals surface area contributed by atoms with Gasteiger partial charge in [-0.05, 0) is 30.3 Å². The van der Waals surface area contributed by atoms with Crippen molar-refractivity contribution >= 4 is 21.7 Å². The second kappa shape index (κ2) is 5.03. The van der Waals surface area contributed by atoms with Gasteiger partial charge in [0.25, 0.3) is 0 Å². The van der Waals surface area contributed by atoms with Gasteiger partial charge < -0.3 is 19.0 Å². The zero-order valence-electron chi connectivity index (χ0n) is 11.7. The predicted molar refractivity (Wildman–Crippen MR) is 81.5 cm³/mol. The first-order chi connectivity index (χ1) is 10.7. The number of phenols is 1. The quantitative estimate of drug-likeness (QED) is 0.594. The maximum Gasteiger partial charge on any atom is 0.344 e. The van der Waals surface area contributed by atoms with E-state index in [9.17, 15) is 9.90 Å². The SMILES string of the molecule is O=c1oc2cc(O)ccc2c2ccc(OCC3COC3)cc12. The summed E-state index contributed by atoms with van der Waals surface area (Å²) in [5.41, 5.74) is -0.0664. The van der Waals surface area contributed by atoms with E-state index in [0.29, 0.717) is 29.2 Å². The lowest BCUT2D eigenvalue weighted by atomic mass is 10.1. The Bertz CT molecular complexity index is 908. The minimum atomic E-state index is -0.439. The van der Waals surface area contributed by atoms with Crippen LogP contribution in [0.15, 0.2) is 45.6 Å². The fourth-order valence-electron chi connectivity index (χ4n) is 2.58. The molecule has 0 radical (unpaired) electrons. The van der Waals surface area contributed by atoms with E-state index in [1.165, 1.54) is 6.07 Å². The molecule has 1 saturated heterocycles. The van der Waals surface area contributed by atoms with Crippen molar-refractivity contribution in [3.05, 3.63) is 46.8 Å². The van der Waals surface area contributed by atoms with Crippen LogP contribution >= 0.6 is 0 Å². The van der Waals surface area contributed by atoms with E-state index in [1.807, 2.05) is 12.1 Å². The van der Waals surface area contributed by atoms with Gasteiger partial charge in [0.15, 0.2) is 0 Å². The molecule has 0 spiro atoms. The van der Waals surface area contributed by atoms with Crippen molar-refractivity contribution < 1.29 is 19.0 Å². The second-order valence-corrected chi connectivity index (χ2v) is 5.49. The fourth-order valence-corrected chi connectivity index (χ4v) is 2.58. The van der Waals surface area contributed by atoms with Crippen LogP contribution in [0.3, 0.4) is 0 Å². The van der Waals surface area contributed by atoms with Crippen molar-refractivity contribution in [2.75, 3.05) is 19.8 Å². The highest BCUT2D eigenvalue weighted by atomic mass is 16.5. The topological polar surface area (TPSA) is 68.9 Å². The van der Waals surface area contributed by atoms with Crippen molar-refractivity contribution in [1.29, 1.82) is 0 Å². The Morgan fingerprint density at radius 1 is 1.09 bits per heavy atom. The molecular weight excluding hydrogens is 284 g/mol. The highest BCUT2D eigenvalue weighted by Crippen LogP contribution is 2.28. The summed E-state index contributed by atoms with van der Waals surface area (Å²) >= 11 is 0. The van der Waals surface area contributed by atoms with Crippen LogP contribution in [-0.2, 0) is 4.74 Å². The summed E-state index contributed by atoms with van der Waals surface area (Å²) in [6.07, 6.45) is 0. The lowest BCUT2D eigenvalue weighted by molar-refractivity contribution is -0.0508. The number of phenolic OH excluding ortho intramolecular Hbond substituents is 1. The Balaban J connectivity index is 1.78. The maximum atomic E-state index is 12.1. The number of hydrogen-bond acceptors (Lipinski definition) is 5. The van der Waals surface area contributed by atoms with Crippen LogP contribution in [0.5, 0.6) is 11.5 Å². The summed E-state index contributed by atoms with van der Waals surface area (Å²) in [5, 5.41) is 11.5. The van der Waals surface area contributed by atoms with Crippen LogP contribution in [0.4, 0.5) is 0 Å². The Morgan fingerprint density at radius 2 is 1.91 bits per heavy atom. The van der Waals surface area contributed by atoms with Crippen molar-refractivity contribution in [2.24, 2.45) is 5.92 Å². The molecule has 0 unspecified atom stereocenters. The van der Waals surface area contributed by atoms with Gasteiger partial charge in [0.1, 0.15) is 17.1 Å². The van der Waals surface area contributed by atoms with Gasteiger partial charge in [0.05, 0.1) is 25.2 Å². The summed E-state index contributed by atoms with van der Waals surface area (Å²) in [6.45, 7) is 2.03. The van der Waals surface area contributed by atoms with E-state index in [-0.39, 0.29) is 5.75 Å². The summed E-state index contributed by atoms with van der Waals surface area (Å²) in [7, 11) is 0. The molecule has 1 fully saturated rings. The van der Waals surface area contributed by atoms with Crippen LogP contribution in [0.2, 0.25) is 0 Å². The molecule has 0 amide bonds. The molecule has 0 bridgehead atoms. The second-order valence-electron chi connectivity index (χ2n) is 5.49. The summed E-state index contributed by atoms with van der Waals surface area (Å²) in [4.78, 5) is 12.1. The summed E-state index contributed by atoms with van der Waals surface area (Å²) < 4.78 is 16.1. The third-order valence-corrected chi connectivity index (χ3v) is 3.86. The van der Waals surface area contributed by atoms with Gasteiger partial charge in [0, 0.05) is 22.8 Å². The molecule has 1 N–H and O–H groups in total. The molecule has 2 heterocycles. The molecule has 1 aliphatic rings. The monoisotopic (exact) mass is 298 g/mol. The lowest BCUT2D eigenvalue weighted by Gasteiger charge is -2.25. The first-order valence-electron chi connectivity index (χ1n) is 7.11. The Kier molecular flexibility index (Phi) is 3.01. The molecule has 0 aliphatic carbocycles. The number of rotatable bonds is 3. The van der Waals surface area contributed by atoms with E-state index < -0.39 is 5.63 Å². The summed E-state index contributed by atoms with van der Waals surface area (Å²) in [5.74, 6) is 1.13. The largest absolute Gasteiger partial charge is 0.508 e. The third kappa shape index (κ3) is 2.19. The molecular formula is C17H14O5. The molecule has 1 aliphatic heterocycles. The van der Waals surface area contributed by atoms with Crippen molar-refractivity contribution in [2.45, 2.75) is 0 Å². The minimum Gasteiger partial charge on any atom is -0.508 e. The van der Waals surface area contributed by atoms with Crippen LogP contribution in [-0.4, -0.2) is 24.9 Å². The Labute approximate surface area is 125 Å². The van der Waals surface area contributed by atoms with E-state index in [0.717, 1.165) is 24.0 Å². The molecule has 0 saturated carbocycles. The smallest absolute Gasteiger partial charge is 0.344 e. The van der Waals surface area contributed by atoms with Crippen molar-refractivity contribution in [3.63, 3.8) is 0 Å². The highest BCUT2D eigenvalue weighted by molar-refractivity contribution is 6.04. The van der Waals surface area contributed by atoms with Crippen LogP contribution in [0.25, 0.3) is 21.7 Å². The molecule has 22 heavy (non-hydrogen) atoms. The zero-order chi connectivity index (χ0) is 15.1. The van der Waals surface area contributed by atoms with Gasteiger partial charge in [-0.2, -0.15) is 0 Å². The average Bonchev–Trinajstić information content (AvgIpc) is 2.45. The first-order valence-corrected chi connectivity index (χ1v) is 7.11. The normalized spacial score (nSPS) is 15.1. The highest BCUT2D eigenvalue weighted by Gasteiger charge is 2.19. The fraction of sp³-hybridized carbons (Fsp3) is 0.235. The molecule has 2 aromatic carbocycles. The van der Waals surface area contributed by atoms with Gasteiger partial charge in [-0.25, -0.2) is 4.79 Å². The van der Waals surface area contributed by atoms with Crippen LogP contribution in [0.1, 0.15) is 0 Å². The van der Waals surface area contributed by atoms with E-state index in [4.69, 9.17) is 13.9 Å². The van der Waals surface area contributed by atoms with Gasteiger partial charge in [-0.3, -0.25) is 0 Å². The van der Waals surface area contributed by atoms with E-state index in [2.05, 4.69) is 0 Å². The van der Waals surface area contributed by atoms with Crippen LogP contribution < -0.4 is 10.4 Å². The number of aromatic hydroxyl groups is 1. The number of hydrogen-bond donors (Lipinski definition) is 1. The van der Waals surface area contributed by atoms with Gasteiger partial charge in [0.2, 0.25) is 0 Å². The maximum absolute atomic E-state index is 12.1. The molecule has 5 heteroatoms. The van der Waals surface area contributed by atoms with E-state index >= 15 is 0 Å². The predicted octanol–water partition coefficient (Wildman–Crippen LogP) is 2.68. The molecule has 112 valence electrons. The van der Waals surface area contributed by atoms with Gasteiger partial charge >= 0.3 is 5.63 Å². The third-order valence-electron chi connectivity index (χ3n) is 3.86. The molecule has 4 rings (SSSR count). The summed E-state index contributed by atoms with van der Waals surface area (Å²) in [6, 6.07) is 10.1. The lowest BCUT2D eigenvalue weighted by Crippen LogP contribution is -2.32. The first kappa shape index (κ1) is 13.2. The van der Waals surface area contributed by atoms with Gasteiger partial charge in [-0.15, -0.1) is 0 Å². The van der Waals surface area contributed by atoms with Crippen LogP contribution in [0, 0.1) is 5.92 Å². The minimum absolute atomic E-state index is 0.0673. The Morgan fingerprint density at radius 3 is 2.68 bits per heavy atom. The molecule has 0 atom stereocenters. The van der Waals surface area contributed by atoms with Gasteiger partial charge in [-0.1, -0.05) is 0 Å². The average molecular weight is 298 g/mol. The van der Waals surface area contributed by atoms with Crippen molar-refractivity contribution in [1.82, 2.24) is 0 Å². The standard InChI is InChI=1S/C17H14O5/c18-11-1-3-14-13-4-2-12(21-9-10-7-20-8-10)6-15(13)17(19)22-16(14)5-11/h1-6,10,18H,7-9H2. The molecule has 3 aromatic rings. The molecule has 5 nitrogen and oxygen atoms in total. The number of ether oxygens (including phenoxy) is 2. The number of fused-ring (bicyclic) bond motifs is 3. The van der Waals surface area contributed by atoms with E-state index in [1.54, 1.807) is 18.2 Å². The number of benzene rings is 2.